The van der Waals surface area contributed by atoms with Crippen molar-refractivity contribution in [2.75, 3.05) is 5.32 Å². The van der Waals surface area contributed by atoms with Crippen molar-refractivity contribution < 1.29 is 18.0 Å². The van der Waals surface area contributed by atoms with Gasteiger partial charge in [0.05, 0.1) is 5.56 Å². The maximum Gasteiger partial charge on any atom is 0.416 e. The van der Waals surface area contributed by atoms with Crippen LogP contribution in [0.15, 0.2) is 24.3 Å². The maximum absolute atomic E-state index is 12.4. The number of anilines is 1. The summed E-state index contributed by atoms with van der Waals surface area (Å²) in [6, 6.07) is 4.57. The summed E-state index contributed by atoms with van der Waals surface area (Å²) in [7, 11) is 0. The van der Waals surface area contributed by atoms with E-state index in [-0.39, 0.29) is 12.5 Å². The fourth-order valence-corrected chi connectivity index (χ4v) is 2.00. The van der Waals surface area contributed by atoms with Crippen LogP contribution in [-0.2, 0) is 11.0 Å². The fourth-order valence-electron chi connectivity index (χ4n) is 2.00. The molecular weight excluding hydrogens is 269 g/mol. The van der Waals surface area contributed by atoms with E-state index in [0.29, 0.717) is 18.0 Å². The summed E-state index contributed by atoms with van der Waals surface area (Å²) in [5.41, 5.74) is 5.03. The van der Waals surface area contributed by atoms with Crippen LogP contribution in [0.25, 0.3) is 0 Å². The topological polar surface area (TPSA) is 55.1 Å². The molecule has 1 rings (SSSR count). The summed E-state index contributed by atoms with van der Waals surface area (Å²) in [4.78, 5) is 11.0. The lowest BCUT2D eigenvalue weighted by molar-refractivity contribution is -0.137. The molecule has 0 radical (unpaired) electrons. The summed E-state index contributed by atoms with van der Waals surface area (Å²) < 4.78 is 37.3. The Morgan fingerprint density at radius 1 is 1.25 bits per heavy atom. The molecule has 0 saturated carbocycles. The number of benzene rings is 1. The summed E-state index contributed by atoms with van der Waals surface area (Å²) in [5, 5.41) is 3.05. The molecule has 1 aromatic carbocycles. The number of halogens is 3. The molecule has 0 fully saturated rings. The van der Waals surface area contributed by atoms with Crippen LogP contribution in [0.5, 0.6) is 0 Å². The molecule has 0 bridgehead atoms. The van der Waals surface area contributed by atoms with Crippen LogP contribution in [0.2, 0.25) is 0 Å². The molecule has 112 valence electrons. The normalized spacial score (nSPS) is 13.3. The van der Waals surface area contributed by atoms with E-state index in [9.17, 15) is 18.0 Å². The number of hydrogen-bond acceptors (Lipinski definition) is 2. The standard InChI is InChI=1S/C14H19F3N2O/c1-9(2)7-12(8-13(18)20)19-11-5-3-10(4-6-11)14(15,16)17/h3-6,9,12,19H,7-8H2,1-2H3,(H2,18,20). The van der Waals surface area contributed by atoms with Crippen LogP contribution >= 0.6 is 0 Å². The van der Waals surface area contributed by atoms with Gasteiger partial charge in [-0.3, -0.25) is 4.79 Å². The zero-order chi connectivity index (χ0) is 15.3. The zero-order valence-corrected chi connectivity index (χ0v) is 11.5. The van der Waals surface area contributed by atoms with Gasteiger partial charge in [0.1, 0.15) is 0 Å². The lowest BCUT2D eigenvalue weighted by atomic mass is 10.0. The van der Waals surface area contributed by atoms with Crippen molar-refractivity contribution in [1.29, 1.82) is 0 Å². The molecule has 1 atom stereocenters. The second kappa shape index (κ2) is 6.63. The molecule has 0 aliphatic rings. The van der Waals surface area contributed by atoms with Crippen molar-refractivity contribution in [1.82, 2.24) is 0 Å². The second-order valence-corrected chi connectivity index (χ2v) is 5.22. The Balaban J connectivity index is 2.75. The molecule has 0 aliphatic heterocycles. The van der Waals surface area contributed by atoms with Crippen LogP contribution in [0.4, 0.5) is 18.9 Å². The van der Waals surface area contributed by atoms with Gasteiger partial charge in [0.2, 0.25) is 5.91 Å². The van der Waals surface area contributed by atoms with Gasteiger partial charge in [0.25, 0.3) is 0 Å². The van der Waals surface area contributed by atoms with Crippen molar-refractivity contribution in [3.8, 4) is 0 Å². The molecule has 6 heteroatoms. The average molecular weight is 288 g/mol. The lowest BCUT2D eigenvalue weighted by Gasteiger charge is -2.20. The summed E-state index contributed by atoms with van der Waals surface area (Å²) in [6.45, 7) is 4.00. The average Bonchev–Trinajstić information content (AvgIpc) is 2.26. The molecule has 0 aromatic heterocycles. The van der Waals surface area contributed by atoms with E-state index < -0.39 is 17.6 Å². The Bertz CT molecular complexity index is 441. The third-order valence-electron chi connectivity index (χ3n) is 2.79. The highest BCUT2D eigenvalue weighted by Crippen LogP contribution is 2.30. The predicted molar refractivity (Wildman–Crippen MR) is 72.1 cm³/mol. The van der Waals surface area contributed by atoms with Gasteiger partial charge in [-0.05, 0) is 36.6 Å². The molecule has 1 amide bonds. The van der Waals surface area contributed by atoms with Crippen molar-refractivity contribution >= 4 is 11.6 Å². The quantitative estimate of drug-likeness (QED) is 0.843. The van der Waals surface area contributed by atoms with Crippen LogP contribution in [0, 0.1) is 5.92 Å². The molecule has 0 aliphatic carbocycles. The molecule has 0 saturated heterocycles. The highest BCUT2D eigenvalue weighted by molar-refractivity contribution is 5.75. The van der Waals surface area contributed by atoms with Gasteiger partial charge in [0.15, 0.2) is 0 Å². The number of nitrogens with two attached hydrogens (primary N) is 1. The molecule has 20 heavy (non-hydrogen) atoms. The minimum absolute atomic E-state index is 0.152. The number of alkyl halides is 3. The second-order valence-electron chi connectivity index (χ2n) is 5.22. The number of primary amides is 1. The number of carbonyl (C=O) groups excluding carboxylic acids is 1. The monoisotopic (exact) mass is 288 g/mol. The van der Waals surface area contributed by atoms with Gasteiger partial charge in [-0.2, -0.15) is 13.2 Å². The molecular formula is C14H19F3N2O. The van der Waals surface area contributed by atoms with E-state index >= 15 is 0 Å². The highest BCUT2D eigenvalue weighted by atomic mass is 19.4. The van der Waals surface area contributed by atoms with Gasteiger partial charge in [0, 0.05) is 18.2 Å². The molecule has 1 aromatic rings. The molecule has 1 unspecified atom stereocenters. The Hall–Kier alpha value is -1.72. The number of amides is 1. The van der Waals surface area contributed by atoms with Crippen LogP contribution in [0.1, 0.15) is 32.3 Å². The molecule has 3 N–H and O–H groups in total. The van der Waals surface area contributed by atoms with E-state index in [1.165, 1.54) is 12.1 Å². The Labute approximate surface area is 116 Å². The fraction of sp³-hybridized carbons (Fsp3) is 0.500. The minimum atomic E-state index is -4.34. The number of hydrogen-bond donors (Lipinski definition) is 2. The van der Waals surface area contributed by atoms with E-state index in [1.54, 1.807) is 0 Å². The first-order valence-corrected chi connectivity index (χ1v) is 6.40. The summed E-state index contributed by atoms with van der Waals surface area (Å²) >= 11 is 0. The molecule has 3 nitrogen and oxygen atoms in total. The van der Waals surface area contributed by atoms with Gasteiger partial charge >= 0.3 is 6.18 Å². The first-order valence-electron chi connectivity index (χ1n) is 6.40. The number of carbonyl (C=O) groups is 1. The third kappa shape index (κ3) is 5.50. The SMILES string of the molecule is CC(C)CC(CC(N)=O)Nc1ccc(C(F)(F)F)cc1. The van der Waals surface area contributed by atoms with Gasteiger partial charge in [-0.15, -0.1) is 0 Å². The smallest absolute Gasteiger partial charge is 0.382 e. The van der Waals surface area contributed by atoms with Crippen molar-refractivity contribution in [2.24, 2.45) is 11.7 Å². The Kier molecular flexibility index (Phi) is 5.42. The Morgan fingerprint density at radius 2 is 1.80 bits per heavy atom. The van der Waals surface area contributed by atoms with E-state index in [2.05, 4.69) is 5.32 Å². The zero-order valence-electron chi connectivity index (χ0n) is 11.5. The first-order chi connectivity index (χ1) is 9.18. The highest BCUT2D eigenvalue weighted by Gasteiger charge is 2.30. The molecule has 0 spiro atoms. The van der Waals surface area contributed by atoms with Crippen molar-refractivity contribution in [3.63, 3.8) is 0 Å². The minimum Gasteiger partial charge on any atom is -0.382 e. The Morgan fingerprint density at radius 3 is 2.20 bits per heavy atom. The van der Waals surface area contributed by atoms with E-state index in [1.807, 2.05) is 13.8 Å². The van der Waals surface area contributed by atoms with Gasteiger partial charge in [-0.1, -0.05) is 13.8 Å². The van der Waals surface area contributed by atoms with E-state index in [0.717, 1.165) is 12.1 Å². The number of nitrogens with one attached hydrogen (secondary N) is 1. The number of rotatable bonds is 6. The predicted octanol–water partition coefficient (Wildman–Crippen LogP) is 3.41. The van der Waals surface area contributed by atoms with Crippen LogP contribution < -0.4 is 11.1 Å². The van der Waals surface area contributed by atoms with Crippen LogP contribution in [-0.4, -0.2) is 11.9 Å². The van der Waals surface area contributed by atoms with E-state index in [4.69, 9.17) is 5.73 Å². The van der Waals surface area contributed by atoms with Crippen LogP contribution in [0.3, 0.4) is 0 Å². The van der Waals surface area contributed by atoms with Crippen molar-refractivity contribution in [2.45, 2.75) is 38.9 Å². The first kappa shape index (κ1) is 16.3. The molecule has 0 heterocycles. The van der Waals surface area contributed by atoms with Crippen molar-refractivity contribution in [3.05, 3.63) is 29.8 Å². The van der Waals surface area contributed by atoms with Gasteiger partial charge < -0.3 is 11.1 Å². The summed E-state index contributed by atoms with van der Waals surface area (Å²) in [5.74, 6) is -0.0867. The largest absolute Gasteiger partial charge is 0.416 e. The third-order valence-corrected chi connectivity index (χ3v) is 2.79. The lowest BCUT2D eigenvalue weighted by Crippen LogP contribution is -2.28. The summed E-state index contributed by atoms with van der Waals surface area (Å²) in [6.07, 6.45) is -3.48. The van der Waals surface area contributed by atoms with Gasteiger partial charge in [-0.25, -0.2) is 0 Å². The maximum atomic E-state index is 12.4.